The third kappa shape index (κ3) is 5.40. The number of likely N-dealkylation sites (tertiary alicyclic amines) is 1. The van der Waals surface area contributed by atoms with Crippen LogP contribution in [0.2, 0.25) is 0 Å². The Labute approximate surface area is 186 Å². The molecule has 1 N–H and O–H groups in total. The molecule has 2 aliphatic rings. The summed E-state index contributed by atoms with van der Waals surface area (Å²) in [6, 6.07) is 14.9. The van der Waals surface area contributed by atoms with Gasteiger partial charge in [-0.15, -0.1) is 0 Å². The number of ether oxygens (including phenoxy) is 1. The van der Waals surface area contributed by atoms with Crippen molar-refractivity contribution in [3.63, 3.8) is 0 Å². The van der Waals surface area contributed by atoms with Crippen molar-refractivity contribution in [3.05, 3.63) is 59.2 Å². The minimum Gasteiger partial charge on any atom is -0.484 e. The van der Waals surface area contributed by atoms with E-state index in [0.717, 1.165) is 37.4 Å². The number of rotatable bonds is 7. The maximum atomic E-state index is 12.6. The van der Waals surface area contributed by atoms with Crippen LogP contribution in [0.3, 0.4) is 0 Å². The Kier molecular flexibility index (Phi) is 7.13. The van der Waals surface area contributed by atoms with Gasteiger partial charge in [-0.3, -0.25) is 9.69 Å². The van der Waals surface area contributed by atoms with Crippen LogP contribution < -0.4 is 15.0 Å². The Morgan fingerprint density at radius 2 is 1.87 bits per heavy atom. The molecule has 2 aromatic carbocycles. The molecular formula is C26H35N3O2. The lowest BCUT2D eigenvalue weighted by Crippen LogP contribution is -2.41. The quantitative estimate of drug-likeness (QED) is 0.731. The van der Waals surface area contributed by atoms with Crippen molar-refractivity contribution in [1.29, 1.82) is 0 Å². The number of nitrogens with one attached hydrogen (secondary N) is 1. The predicted molar refractivity (Wildman–Crippen MR) is 126 cm³/mol. The van der Waals surface area contributed by atoms with Gasteiger partial charge in [-0.2, -0.15) is 0 Å². The van der Waals surface area contributed by atoms with Crippen LogP contribution >= 0.6 is 0 Å². The number of benzene rings is 2. The number of hydrogen-bond acceptors (Lipinski definition) is 4. The first kappa shape index (κ1) is 21.7. The summed E-state index contributed by atoms with van der Waals surface area (Å²) in [4.78, 5) is 17.5. The van der Waals surface area contributed by atoms with E-state index in [1.807, 2.05) is 31.2 Å². The van der Waals surface area contributed by atoms with Crippen LogP contribution in [0.25, 0.3) is 0 Å². The maximum Gasteiger partial charge on any atom is 0.258 e. The van der Waals surface area contributed by atoms with Crippen LogP contribution in [0, 0.1) is 6.92 Å². The lowest BCUT2D eigenvalue weighted by molar-refractivity contribution is -0.123. The molecule has 0 radical (unpaired) electrons. The number of nitrogens with zero attached hydrogens (tertiary/aromatic N) is 2. The number of fused-ring (bicyclic) bond motifs is 1. The third-order valence-corrected chi connectivity index (χ3v) is 6.62. The molecule has 2 aromatic rings. The second kappa shape index (κ2) is 10.2. The average molecular weight is 422 g/mol. The molecule has 1 saturated heterocycles. The topological polar surface area (TPSA) is 44.8 Å². The highest BCUT2D eigenvalue weighted by Crippen LogP contribution is 2.31. The molecule has 0 bridgehead atoms. The van der Waals surface area contributed by atoms with Crippen molar-refractivity contribution < 1.29 is 9.53 Å². The number of aryl methyl sites for hydroxylation is 2. The highest BCUT2D eigenvalue weighted by molar-refractivity contribution is 5.77. The summed E-state index contributed by atoms with van der Waals surface area (Å²) < 4.78 is 5.74. The number of carbonyl (C=O) groups is 1. The molecule has 1 atom stereocenters. The first-order valence-corrected chi connectivity index (χ1v) is 11.6. The zero-order valence-electron chi connectivity index (χ0n) is 18.9. The first-order chi connectivity index (χ1) is 15.1. The average Bonchev–Trinajstić information content (AvgIpc) is 2.79. The van der Waals surface area contributed by atoms with E-state index in [2.05, 4.69) is 40.4 Å². The molecule has 0 saturated carbocycles. The summed E-state index contributed by atoms with van der Waals surface area (Å²) in [5.41, 5.74) is 5.14. The lowest BCUT2D eigenvalue weighted by atomic mass is 9.95. The van der Waals surface area contributed by atoms with Gasteiger partial charge in [-0.1, -0.05) is 36.8 Å². The predicted octanol–water partition coefficient (Wildman–Crippen LogP) is 4.10. The fourth-order valence-electron chi connectivity index (χ4n) is 4.82. The summed E-state index contributed by atoms with van der Waals surface area (Å²) in [6.45, 7) is 5.97. The molecule has 2 heterocycles. The fourth-order valence-corrected chi connectivity index (χ4v) is 4.82. The minimum atomic E-state index is -0.0667. The Bertz CT molecular complexity index is 892. The molecular weight excluding hydrogens is 386 g/mol. The Morgan fingerprint density at radius 1 is 1.06 bits per heavy atom. The smallest absolute Gasteiger partial charge is 0.258 e. The van der Waals surface area contributed by atoms with E-state index in [1.165, 1.54) is 42.5 Å². The van der Waals surface area contributed by atoms with Gasteiger partial charge in [-0.05, 0) is 74.5 Å². The highest BCUT2D eigenvalue weighted by Gasteiger charge is 2.24. The van der Waals surface area contributed by atoms with Crippen molar-refractivity contribution in [2.24, 2.45) is 0 Å². The Balaban J connectivity index is 1.43. The zero-order valence-corrected chi connectivity index (χ0v) is 18.9. The molecule has 5 heteroatoms. The summed E-state index contributed by atoms with van der Waals surface area (Å²) in [5, 5.41) is 3.14. The normalized spacial score (nSPS) is 17.7. The molecule has 4 rings (SSSR count). The van der Waals surface area contributed by atoms with E-state index in [1.54, 1.807) is 0 Å². The van der Waals surface area contributed by atoms with Crippen LogP contribution in [0.15, 0.2) is 42.5 Å². The summed E-state index contributed by atoms with van der Waals surface area (Å²) >= 11 is 0. The van der Waals surface area contributed by atoms with Gasteiger partial charge >= 0.3 is 0 Å². The Morgan fingerprint density at radius 3 is 2.68 bits per heavy atom. The molecule has 31 heavy (non-hydrogen) atoms. The van der Waals surface area contributed by atoms with E-state index in [-0.39, 0.29) is 18.6 Å². The molecule has 1 amide bonds. The van der Waals surface area contributed by atoms with E-state index in [9.17, 15) is 4.79 Å². The SMILES string of the molecule is Cc1ccccc1OCC(=O)NC[C@H](c1ccc2c(c1)CCCN2C)N1CCCCC1. The molecule has 0 unspecified atom stereocenters. The largest absolute Gasteiger partial charge is 0.484 e. The van der Waals surface area contributed by atoms with Crippen LogP contribution in [0.4, 0.5) is 5.69 Å². The zero-order chi connectivity index (χ0) is 21.6. The number of piperidine rings is 1. The summed E-state index contributed by atoms with van der Waals surface area (Å²) in [5.74, 6) is 0.701. The Hall–Kier alpha value is -2.53. The van der Waals surface area contributed by atoms with Gasteiger partial charge in [0.1, 0.15) is 5.75 Å². The van der Waals surface area contributed by atoms with Crippen LogP contribution in [-0.4, -0.2) is 50.6 Å². The fraction of sp³-hybridized carbons (Fsp3) is 0.500. The molecule has 1 fully saturated rings. The van der Waals surface area contributed by atoms with Crippen molar-refractivity contribution in [2.45, 2.75) is 45.1 Å². The maximum absolute atomic E-state index is 12.6. The second-order valence-corrected chi connectivity index (χ2v) is 8.88. The standard InChI is InChI=1S/C26H35N3O2/c1-20-9-4-5-11-25(20)31-19-26(30)27-18-24(29-15-6-3-7-16-29)22-12-13-23-21(17-22)10-8-14-28(23)2/h4-5,9,11-13,17,24H,3,6-8,10,14-16,18-19H2,1-2H3,(H,27,30)/t24-/m1/s1. The molecule has 0 aromatic heterocycles. The minimum absolute atomic E-state index is 0.0482. The van der Waals surface area contributed by atoms with E-state index in [0.29, 0.717) is 6.54 Å². The van der Waals surface area contributed by atoms with Crippen LogP contribution in [0.5, 0.6) is 5.75 Å². The molecule has 2 aliphatic heterocycles. The summed E-state index contributed by atoms with van der Waals surface area (Å²) in [6.07, 6.45) is 6.10. The van der Waals surface area contributed by atoms with Crippen molar-refractivity contribution >= 4 is 11.6 Å². The molecule has 5 nitrogen and oxygen atoms in total. The number of para-hydroxylation sites is 1. The van der Waals surface area contributed by atoms with E-state index in [4.69, 9.17) is 4.74 Å². The van der Waals surface area contributed by atoms with Gasteiger partial charge in [0.2, 0.25) is 0 Å². The highest BCUT2D eigenvalue weighted by atomic mass is 16.5. The van der Waals surface area contributed by atoms with E-state index >= 15 is 0 Å². The van der Waals surface area contributed by atoms with Crippen molar-refractivity contribution in [3.8, 4) is 5.75 Å². The van der Waals surface area contributed by atoms with Gasteiger partial charge in [0.15, 0.2) is 6.61 Å². The van der Waals surface area contributed by atoms with Gasteiger partial charge in [0.25, 0.3) is 5.91 Å². The van der Waals surface area contributed by atoms with Crippen molar-refractivity contribution in [1.82, 2.24) is 10.2 Å². The van der Waals surface area contributed by atoms with Gasteiger partial charge < -0.3 is 15.0 Å². The number of carbonyl (C=O) groups excluding carboxylic acids is 1. The lowest BCUT2D eigenvalue weighted by Gasteiger charge is -2.36. The number of hydrogen-bond donors (Lipinski definition) is 1. The number of anilines is 1. The van der Waals surface area contributed by atoms with Crippen molar-refractivity contribution in [2.75, 3.05) is 44.7 Å². The van der Waals surface area contributed by atoms with Gasteiger partial charge in [-0.25, -0.2) is 0 Å². The molecule has 0 aliphatic carbocycles. The van der Waals surface area contributed by atoms with Gasteiger partial charge in [0, 0.05) is 25.8 Å². The summed E-state index contributed by atoms with van der Waals surface area (Å²) in [7, 11) is 2.18. The second-order valence-electron chi connectivity index (χ2n) is 8.88. The van der Waals surface area contributed by atoms with E-state index < -0.39 is 0 Å². The number of amides is 1. The molecule has 166 valence electrons. The van der Waals surface area contributed by atoms with Gasteiger partial charge in [0.05, 0.1) is 6.04 Å². The van der Waals surface area contributed by atoms with Crippen LogP contribution in [-0.2, 0) is 11.2 Å². The molecule has 0 spiro atoms. The van der Waals surface area contributed by atoms with Crippen LogP contribution in [0.1, 0.15) is 48.4 Å². The first-order valence-electron chi connectivity index (χ1n) is 11.6. The third-order valence-electron chi connectivity index (χ3n) is 6.62. The monoisotopic (exact) mass is 421 g/mol.